The zero-order valence-corrected chi connectivity index (χ0v) is 26.1. The Morgan fingerprint density at radius 3 is 2.69 bits per heavy atom. The van der Waals surface area contributed by atoms with Crippen LogP contribution in [0, 0.1) is 17.0 Å². The first-order chi connectivity index (χ1) is 21.5. The van der Waals surface area contributed by atoms with Gasteiger partial charge in [0.1, 0.15) is 17.9 Å². The molecule has 0 spiro atoms. The second-order valence-corrected chi connectivity index (χ2v) is 12.5. The quantitative estimate of drug-likeness (QED) is 0.0747. The molecule has 1 unspecified atom stereocenters. The van der Waals surface area contributed by atoms with E-state index in [2.05, 4.69) is 25.9 Å². The summed E-state index contributed by atoms with van der Waals surface area (Å²) in [5, 5.41) is 9.69. The lowest BCUT2D eigenvalue weighted by Gasteiger charge is -2.31. The molecule has 1 aliphatic rings. The summed E-state index contributed by atoms with van der Waals surface area (Å²) in [4.78, 5) is 29.9. The highest BCUT2D eigenvalue weighted by atomic mass is 79.9. The molecule has 0 amide bonds. The first kappa shape index (κ1) is 31.8. The number of halogens is 3. The molecule has 1 atom stereocenters. The fraction of sp³-hybridized carbons (Fsp3) is 0.229. The summed E-state index contributed by atoms with van der Waals surface area (Å²) in [6, 6.07) is 14.7. The lowest BCUT2D eigenvalue weighted by Crippen LogP contribution is -2.30. The number of allylic oxidation sites excluding steroid dienone is 1. The third-order valence-corrected chi connectivity index (χ3v) is 8.89. The second-order valence-electron chi connectivity index (χ2n) is 11.5. The van der Waals surface area contributed by atoms with Crippen LogP contribution in [-0.4, -0.2) is 28.6 Å². The molecule has 0 aliphatic heterocycles. The smallest absolute Gasteiger partial charge is 0.328 e. The van der Waals surface area contributed by atoms with Crippen molar-refractivity contribution in [3.8, 4) is 11.5 Å². The molecule has 1 saturated carbocycles. The van der Waals surface area contributed by atoms with Gasteiger partial charge in [0.15, 0.2) is 11.6 Å². The van der Waals surface area contributed by atoms with Gasteiger partial charge in [-0.05, 0) is 80.6 Å². The van der Waals surface area contributed by atoms with Gasteiger partial charge in [0.2, 0.25) is 0 Å². The average Bonchev–Trinajstić information content (AvgIpc) is 3.65. The lowest BCUT2D eigenvalue weighted by molar-refractivity contribution is -0.131. The number of carbonyl (C=O) groups excluding carboxylic acids is 1. The first-order valence-electron chi connectivity index (χ1n) is 14.4. The number of fused-ring (bicyclic) bond motifs is 1. The number of hydrogen-bond donors (Lipinski definition) is 3. The molecule has 1 heterocycles. The summed E-state index contributed by atoms with van der Waals surface area (Å²) in [5.41, 5.74) is 8.04. The summed E-state index contributed by atoms with van der Waals surface area (Å²) < 4.78 is 36.7. The number of nitrogens with zero attached hydrogens (tertiary/aromatic N) is 1. The van der Waals surface area contributed by atoms with Crippen molar-refractivity contribution in [3.63, 3.8) is 0 Å². The van der Waals surface area contributed by atoms with Gasteiger partial charge in [0.25, 0.3) is 0 Å². The zero-order valence-electron chi connectivity index (χ0n) is 24.5. The number of carbonyl (C=O) groups is 2. The molecule has 1 fully saturated rings. The van der Waals surface area contributed by atoms with Gasteiger partial charge in [-0.15, -0.1) is 0 Å². The van der Waals surface area contributed by atoms with Crippen molar-refractivity contribution in [2.75, 3.05) is 0 Å². The molecule has 10 heteroatoms. The number of rotatable bonds is 13. The number of nitrogens with one attached hydrogen (secondary N) is 1. The molecule has 0 bridgehead atoms. The van der Waals surface area contributed by atoms with Crippen LogP contribution in [-0.2, 0) is 15.0 Å². The Bertz CT molecular complexity index is 1840. The van der Waals surface area contributed by atoms with Gasteiger partial charge < -0.3 is 25.4 Å². The van der Waals surface area contributed by atoms with Gasteiger partial charge in [0.05, 0.1) is 0 Å². The number of aromatic nitrogens is 1. The van der Waals surface area contributed by atoms with Crippen LogP contribution in [0.1, 0.15) is 55.7 Å². The molecule has 232 valence electrons. The minimum atomic E-state index is -1.20. The molecule has 1 aliphatic carbocycles. The van der Waals surface area contributed by atoms with E-state index in [0.29, 0.717) is 23.0 Å². The summed E-state index contributed by atoms with van der Waals surface area (Å²) in [7, 11) is 0. The van der Waals surface area contributed by atoms with Crippen molar-refractivity contribution in [3.05, 3.63) is 112 Å². The van der Waals surface area contributed by atoms with Crippen LogP contribution in [0.15, 0.2) is 88.2 Å². The van der Waals surface area contributed by atoms with E-state index in [9.17, 15) is 14.0 Å². The summed E-state index contributed by atoms with van der Waals surface area (Å²) in [6.45, 7) is 2.03. The predicted molar refractivity (Wildman–Crippen MR) is 174 cm³/mol. The van der Waals surface area contributed by atoms with E-state index in [0.717, 1.165) is 48.1 Å². The monoisotopic (exact) mass is 675 g/mol. The van der Waals surface area contributed by atoms with Crippen LogP contribution in [0.2, 0.25) is 0 Å². The van der Waals surface area contributed by atoms with E-state index in [1.807, 2.05) is 31.2 Å². The second kappa shape index (κ2) is 13.2. The number of aliphatic carboxylic acids is 1. The fourth-order valence-electron chi connectivity index (χ4n) is 5.41. The number of aromatic amines is 1. The van der Waals surface area contributed by atoms with Crippen LogP contribution in [0.3, 0.4) is 0 Å². The highest BCUT2D eigenvalue weighted by Gasteiger charge is 2.42. The van der Waals surface area contributed by atoms with Crippen LogP contribution in [0.5, 0.6) is 11.5 Å². The highest BCUT2D eigenvalue weighted by Crippen LogP contribution is 2.49. The van der Waals surface area contributed by atoms with Crippen LogP contribution in [0.25, 0.3) is 17.0 Å². The standard InChI is InChI=1S/C35H32BrF2N3O4/c1-34(23-4-2-5-24(36)17-23,11-3-12-35(21-42)13-14-35)31(39)20-40-19-22-16-25(6-8-28(22)37)45-33-27(7-9-32(43)44)26-10-15-41-30(26)18-29(33)38/h2,4-10,15-21,41H,3,11-14,39H2,1H3,(H,43,44)/b9-7+,31-20-,40-19?. The van der Waals surface area contributed by atoms with E-state index < -0.39 is 23.0 Å². The minimum absolute atomic E-state index is 0.0770. The van der Waals surface area contributed by atoms with E-state index in [1.165, 1.54) is 42.8 Å². The van der Waals surface area contributed by atoms with Crippen LogP contribution >= 0.6 is 15.9 Å². The molecule has 4 N–H and O–H groups in total. The third kappa shape index (κ3) is 7.23. The van der Waals surface area contributed by atoms with Gasteiger partial charge in [-0.25, -0.2) is 13.6 Å². The van der Waals surface area contributed by atoms with Gasteiger partial charge in [-0.2, -0.15) is 0 Å². The molecule has 1 aromatic heterocycles. The zero-order chi connectivity index (χ0) is 32.2. The first-order valence-corrected chi connectivity index (χ1v) is 15.2. The molecular formula is C35H32BrF2N3O4. The number of aldehydes is 1. The van der Waals surface area contributed by atoms with E-state index >= 15 is 4.39 Å². The third-order valence-electron chi connectivity index (χ3n) is 8.40. The topological polar surface area (TPSA) is 118 Å². The number of hydrogen-bond acceptors (Lipinski definition) is 5. The number of aliphatic imine (C=N–C) groups is 1. The molecular weight excluding hydrogens is 644 g/mol. The summed E-state index contributed by atoms with van der Waals surface area (Å²) in [6.07, 6.45) is 11.7. The molecule has 3 aromatic carbocycles. The van der Waals surface area contributed by atoms with Crippen molar-refractivity contribution in [1.29, 1.82) is 0 Å². The van der Waals surface area contributed by atoms with Gasteiger partial charge >= 0.3 is 5.97 Å². The molecule has 7 nitrogen and oxygen atoms in total. The van der Waals surface area contributed by atoms with Crippen molar-refractivity contribution < 1.29 is 28.2 Å². The Labute approximate surface area is 267 Å². The minimum Gasteiger partial charge on any atom is -0.478 e. The number of ether oxygens (including phenoxy) is 1. The predicted octanol–water partition coefficient (Wildman–Crippen LogP) is 8.43. The maximum absolute atomic E-state index is 15.1. The van der Waals surface area contributed by atoms with Crippen molar-refractivity contribution in [1.82, 2.24) is 4.98 Å². The maximum Gasteiger partial charge on any atom is 0.328 e. The largest absolute Gasteiger partial charge is 0.478 e. The highest BCUT2D eigenvalue weighted by molar-refractivity contribution is 9.10. The number of H-pyrrole nitrogens is 1. The maximum atomic E-state index is 15.1. The van der Waals surface area contributed by atoms with Crippen molar-refractivity contribution >= 4 is 51.4 Å². The molecule has 5 rings (SSSR count). The van der Waals surface area contributed by atoms with Crippen molar-refractivity contribution in [2.24, 2.45) is 16.1 Å². The Morgan fingerprint density at radius 1 is 1.18 bits per heavy atom. The lowest BCUT2D eigenvalue weighted by atomic mass is 9.75. The number of benzene rings is 3. The van der Waals surface area contributed by atoms with Gasteiger partial charge in [-0.1, -0.05) is 34.5 Å². The average molecular weight is 677 g/mol. The van der Waals surface area contributed by atoms with E-state index in [-0.39, 0.29) is 28.0 Å². The van der Waals surface area contributed by atoms with Gasteiger partial charge in [-0.3, -0.25) is 4.99 Å². The molecule has 0 radical (unpaired) electrons. The van der Waals surface area contributed by atoms with Crippen LogP contribution < -0.4 is 10.5 Å². The molecule has 4 aromatic rings. The summed E-state index contributed by atoms with van der Waals surface area (Å²) in [5.74, 6) is -2.59. The Morgan fingerprint density at radius 2 is 1.98 bits per heavy atom. The fourth-order valence-corrected chi connectivity index (χ4v) is 5.81. The Hall–Kier alpha value is -4.57. The number of nitrogens with two attached hydrogens (primary N) is 1. The summed E-state index contributed by atoms with van der Waals surface area (Å²) >= 11 is 3.54. The molecule has 45 heavy (non-hydrogen) atoms. The van der Waals surface area contributed by atoms with E-state index in [4.69, 9.17) is 15.6 Å². The molecule has 0 saturated heterocycles. The van der Waals surface area contributed by atoms with Crippen molar-refractivity contribution in [2.45, 2.75) is 44.4 Å². The number of carboxylic acid groups (broad SMARTS) is 1. The Kier molecular flexibility index (Phi) is 9.34. The normalized spacial score (nSPS) is 15.9. The van der Waals surface area contributed by atoms with E-state index in [1.54, 1.807) is 12.3 Å². The van der Waals surface area contributed by atoms with Crippen LogP contribution in [0.4, 0.5) is 8.78 Å². The van der Waals surface area contributed by atoms with Gasteiger partial charge in [0, 0.05) is 73.8 Å². The Balaban J connectivity index is 1.41. The number of carboxylic acids is 1. The SMILES string of the molecule is CC(CCCC1(C=O)CC1)(/C(N)=C/N=Cc1cc(Oc2c(F)cc3[nH]ccc3c2/C=C/C(=O)O)ccc1F)c1cccc(Br)c1.